The van der Waals surface area contributed by atoms with Crippen LogP contribution < -0.4 is 5.32 Å². The van der Waals surface area contributed by atoms with Gasteiger partial charge in [0.15, 0.2) is 0 Å². The van der Waals surface area contributed by atoms with Gasteiger partial charge >= 0.3 is 6.18 Å². The number of alkyl halides is 3. The van der Waals surface area contributed by atoms with E-state index in [2.05, 4.69) is 50.1 Å². The highest BCUT2D eigenvalue weighted by molar-refractivity contribution is 5.76. The van der Waals surface area contributed by atoms with E-state index in [1.807, 2.05) is 0 Å². The Kier molecular flexibility index (Phi) is 5.88. The molecule has 2 bridgehead atoms. The predicted octanol–water partition coefficient (Wildman–Crippen LogP) is 5.93. The monoisotopic (exact) mass is 482 g/mol. The molecule has 3 atom stereocenters. The van der Waals surface area contributed by atoms with E-state index in [1.54, 1.807) is 12.4 Å². The van der Waals surface area contributed by atoms with Gasteiger partial charge in [-0.1, -0.05) is 30.3 Å². The zero-order chi connectivity index (χ0) is 24.0. The lowest BCUT2D eigenvalue weighted by Crippen LogP contribution is -2.47. The molecule has 1 aromatic heterocycles. The number of nitrogens with one attached hydrogen (secondary N) is 1. The van der Waals surface area contributed by atoms with Crippen molar-refractivity contribution in [1.29, 1.82) is 0 Å². The summed E-state index contributed by atoms with van der Waals surface area (Å²) >= 11 is 0. The van der Waals surface area contributed by atoms with Crippen LogP contribution in [0, 0.1) is 0 Å². The first-order chi connectivity index (χ1) is 16.9. The highest BCUT2D eigenvalue weighted by Crippen LogP contribution is 2.44. The number of imidazole rings is 1. The van der Waals surface area contributed by atoms with Crippen LogP contribution in [-0.4, -0.2) is 46.2 Å². The summed E-state index contributed by atoms with van der Waals surface area (Å²) in [4.78, 5) is 7.10. The second-order valence-corrected chi connectivity index (χ2v) is 10.7. The van der Waals surface area contributed by atoms with E-state index in [0.717, 1.165) is 38.0 Å². The largest absolute Gasteiger partial charge is 0.416 e. The molecule has 0 radical (unpaired) electrons. The molecule has 3 aromatic rings. The molecule has 0 aliphatic carbocycles. The summed E-state index contributed by atoms with van der Waals surface area (Å²) in [5.41, 5.74) is 2.35. The van der Waals surface area contributed by atoms with Gasteiger partial charge in [-0.25, -0.2) is 4.98 Å². The van der Waals surface area contributed by atoms with E-state index in [-0.39, 0.29) is 5.41 Å². The van der Waals surface area contributed by atoms with Crippen LogP contribution >= 0.6 is 0 Å². The van der Waals surface area contributed by atoms with Gasteiger partial charge in [-0.05, 0) is 93.8 Å². The van der Waals surface area contributed by atoms with E-state index in [1.165, 1.54) is 49.8 Å². The Balaban J connectivity index is 1.18. The molecule has 3 fully saturated rings. The van der Waals surface area contributed by atoms with E-state index >= 15 is 0 Å². The first-order valence-electron chi connectivity index (χ1n) is 13.0. The van der Waals surface area contributed by atoms with Crippen molar-refractivity contribution in [2.75, 3.05) is 19.6 Å². The molecule has 2 aromatic carbocycles. The molecule has 1 N–H and O–H groups in total. The summed E-state index contributed by atoms with van der Waals surface area (Å²) in [5.74, 6) is 0. The molecule has 4 heterocycles. The first kappa shape index (κ1) is 23.0. The van der Waals surface area contributed by atoms with E-state index in [0.29, 0.717) is 23.6 Å². The highest BCUT2D eigenvalue weighted by Gasteiger charge is 2.43. The lowest BCUT2D eigenvalue weighted by molar-refractivity contribution is -0.137. The molecule has 0 saturated carbocycles. The quantitative estimate of drug-likeness (QED) is 0.489. The van der Waals surface area contributed by atoms with Gasteiger partial charge in [0, 0.05) is 18.1 Å². The predicted molar refractivity (Wildman–Crippen MR) is 131 cm³/mol. The van der Waals surface area contributed by atoms with E-state index in [9.17, 15) is 13.2 Å². The van der Waals surface area contributed by atoms with Crippen LogP contribution in [0.5, 0.6) is 0 Å². The van der Waals surface area contributed by atoms with Crippen molar-refractivity contribution in [2.45, 2.75) is 74.7 Å². The number of hydrogen-bond donors (Lipinski definition) is 1. The minimum Gasteiger partial charge on any atom is -0.327 e. The number of piperidine rings is 2. The molecule has 0 amide bonds. The molecular formula is C28H33F3N4. The third-order valence-electron chi connectivity index (χ3n) is 8.95. The summed E-state index contributed by atoms with van der Waals surface area (Å²) in [5, 5.41) is 3.54. The summed E-state index contributed by atoms with van der Waals surface area (Å²) in [6.45, 7) is 3.28. The maximum absolute atomic E-state index is 13.1. The average molecular weight is 483 g/mol. The SMILES string of the molecule is FC(F)(F)c1ccc2c(c1)ncn2C1C[C@H]2CC[C@@H](C1)N2CCC1(c2ccccc2)CCNCC1. The molecule has 3 aliphatic rings. The maximum atomic E-state index is 13.1. The van der Waals surface area contributed by atoms with Crippen molar-refractivity contribution in [2.24, 2.45) is 0 Å². The average Bonchev–Trinajstić information content (AvgIpc) is 3.40. The molecule has 3 aliphatic heterocycles. The number of benzene rings is 2. The normalized spacial score (nSPS) is 26.9. The van der Waals surface area contributed by atoms with Crippen molar-refractivity contribution in [3.8, 4) is 0 Å². The van der Waals surface area contributed by atoms with Gasteiger partial charge in [0.2, 0.25) is 0 Å². The van der Waals surface area contributed by atoms with Crippen LogP contribution in [0.2, 0.25) is 0 Å². The summed E-state index contributed by atoms with van der Waals surface area (Å²) in [6.07, 6.45) is 5.49. The molecular weight excluding hydrogens is 449 g/mol. The van der Waals surface area contributed by atoms with Crippen LogP contribution in [0.4, 0.5) is 13.2 Å². The van der Waals surface area contributed by atoms with Crippen molar-refractivity contribution in [1.82, 2.24) is 19.8 Å². The summed E-state index contributed by atoms with van der Waals surface area (Å²) < 4.78 is 41.5. The van der Waals surface area contributed by atoms with Gasteiger partial charge in [0.05, 0.1) is 22.9 Å². The fourth-order valence-corrected chi connectivity index (χ4v) is 7.06. The first-order valence-corrected chi connectivity index (χ1v) is 13.0. The van der Waals surface area contributed by atoms with Crippen LogP contribution in [0.1, 0.15) is 62.1 Å². The van der Waals surface area contributed by atoms with Gasteiger partial charge in [-0.15, -0.1) is 0 Å². The topological polar surface area (TPSA) is 33.1 Å². The molecule has 186 valence electrons. The molecule has 7 heteroatoms. The lowest BCUT2D eigenvalue weighted by Gasteiger charge is -2.44. The van der Waals surface area contributed by atoms with Crippen LogP contribution in [0.3, 0.4) is 0 Å². The summed E-state index contributed by atoms with van der Waals surface area (Å²) in [6, 6.07) is 16.4. The maximum Gasteiger partial charge on any atom is 0.416 e. The molecule has 6 rings (SSSR count). The molecule has 4 nitrogen and oxygen atoms in total. The van der Waals surface area contributed by atoms with Crippen molar-refractivity contribution >= 4 is 11.0 Å². The van der Waals surface area contributed by atoms with Gasteiger partial charge in [-0.2, -0.15) is 13.2 Å². The lowest BCUT2D eigenvalue weighted by atomic mass is 9.70. The Labute approximate surface area is 204 Å². The Morgan fingerprint density at radius 1 is 0.943 bits per heavy atom. The van der Waals surface area contributed by atoms with E-state index in [4.69, 9.17) is 0 Å². The van der Waals surface area contributed by atoms with Crippen molar-refractivity contribution < 1.29 is 13.2 Å². The second-order valence-electron chi connectivity index (χ2n) is 10.7. The Hall–Kier alpha value is -2.38. The van der Waals surface area contributed by atoms with Crippen LogP contribution in [-0.2, 0) is 11.6 Å². The third kappa shape index (κ3) is 4.27. The molecule has 3 saturated heterocycles. The van der Waals surface area contributed by atoms with Gasteiger partial charge in [0.1, 0.15) is 0 Å². The van der Waals surface area contributed by atoms with Gasteiger partial charge < -0.3 is 9.88 Å². The smallest absolute Gasteiger partial charge is 0.327 e. The van der Waals surface area contributed by atoms with Crippen molar-refractivity contribution in [3.63, 3.8) is 0 Å². The zero-order valence-corrected chi connectivity index (χ0v) is 20.0. The second kappa shape index (κ2) is 8.93. The van der Waals surface area contributed by atoms with Gasteiger partial charge in [0.25, 0.3) is 0 Å². The Bertz CT molecular complexity index is 1150. The third-order valence-corrected chi connectivity index (χ3v) is 8.95. The van der Waals surface area contributed by atoms with Crippen LogP contribution in [0.25, 0.3) is 11.0 Å². The molecule has 35 heavy (non-hydrogen) atoms. The number of nitrogens with zero attached hydrogens (tertiary/aromatic N) is 3. The number of rotatable bonds is 5. The van der Waals surface area contributed by atoms with Crippen LogP contribution in [0.15, 0.2) is 54.9 Å². The number of fused-ring (bicyclic) bond motifs is 3. The number of halogens is 3. The zero-order valence-electron chi connectivity index (χ0n) is 20.0. The Morgan fingerprint density at radius 3 is 2.34 bits per heavy atom. The van der Waals surface area contributed by atoms with E-state index < -0.39 is 11.7 Å². The van der Waals surface area contributed by atoms with Crippen molar-refractivity contribution in [3.05, 3.63) is 66.0 Å². The molecule has 1 unspecified atom stereocenters. The number of hydrogen-bond acceptors (Lipinski definition) is 3. The highest BCUT2D eigenvalue weighted by atomic mass is 19.4. The minimum atomic E-state index is -4.34. The molecule has 0 spiro atoms. The standard InChI is InChI=1S/C28H33F3N4/c29-28(30,31)21-6-9-26-25(16-21)33-19-35(26)24-17-22-7-8-23(18-24)34(22)15-12-27(10-13-32-14-11-27)20-4-2-1-3-5-20/h1-6,9,16,19,22-24,32H,7-8,10-15,17-18H2/t22-,23+,24?. The summed E-state index contributed by atoms with van der Waals surface area (Å²) in [7, 11) is 0. The Morgan fingerprint density at radius 2 is 1.66 bits per heavy atom. The number of aromatic nitrogens is 2. The fraction of sp³-hybridized carbons (Fsp3) is 0.536. The van der Waals surface area contributed by atoms with Gasteiger partial charge in [-0.3, -0.25) is 4.90 Å². The minimum absolute atomic E-state index is 0.250. The fourth-order valence-electron chi connectivity index (χ4n) is 7.06.